The predicted molar refractivity (Wildman–Crippen MR) is 102 cm³/mol. The van der Waals surface area contributed by atoms with E-state index < -0.39 is 0 Å². The lowest BCUT2D eigenvalue weighted by molar-refractivity contribution is 0.272. The van der Waals surface area contributed by atoms with E-state index in [1.165, 1.54) is 11.3 Å². The summed E-state index contributed by atoms with van der Waals surface area (Å²) in [7, 11) is 3.29. The van der Waals surface area contributed by atoms with Crippen molar-refractivity contribution < 1.29 is 9.47 Å². The molecule has 2 aromatic rings. The molecule has 25 heavy (non-hydrogen) atoms. The number of hydrogen-bond donors (Lipinski definition) is 0. The minimum atomic E-state index is 0.715. The zero-order chi connectivity index (χ0) is 17.6. The number of methoxy groups -OCH3 is 2. The van der Waals surface area contributed by atoms with Gasteiger partial charge >= 0.3 is 0 Å². The smallest absolute Gasteiger partial charge is 0.169 e. The Morgan fingerprint density at radius 1 is 0.920 bits per heavy atom. The second-order valence-electron chi connectivity index (χ2n) is 6.10. The SMILES string of the molecule is COc1cccc(C=NN2CCN(c3ccc(C)cc3)CC2)c1OC. The van der Waals surface area contributed by atoms with Crippen molar-refractivity contribution in [2.75, 3.05) is 45.3 Å². The molecule has 5 nitrogen and oxygen atoms in total. The number of benzene rings is 2. The summed E-state index contributed by atoms with van der Waals surface area (Å²) in [5.74, 6) is 1.43. The second-order valence-corrected chi connectivity index (χ2v) is 6.10. The van der Waals surface area contributed by atoms with Crippen molar-refractivity contribution >= 4 is 11.9 Å². The van der Waals surface area contributed by atoms with E-state index in [0.29, 0.717) is 5.75 Å². The van der Waals surface area contributed by atoms with Crippen molar-refractivity contribution in [2.24, 2.45) is 5.10 Å². The molecule has 0 radical (unpaired) electrons. The maximum atomic E-state index is 5.45. The maximum absolute atomic E-state index is 5.45. The minimum Gasteiger partial charge on any atom is -0.493 e. The Morgan fingerprint density at radius 2 is 1.64 bits per heavy atom. The molecule has 1 saturated heterocycles. The number of anilines is 1. The van der Waals surface area contributed by atoms with E-state index in [2.05, 4.69) is 46.2 Å². The highest BCUT2D eigenvalue weighted by Gasteiger charge is 2.16. The highest BCUT2D eigenvalue weighted by Crippen LogP contribution is 2.29. The summed E-state index contributed by atoms with van der Waals surface area (Å²) in [5.41, 5.74) is 3.49. The molecule has 2 aromatic carbocycles. The van der Waals surface area contributed by atoms with Gasteiger partial charge < -0.3 is 14.4 Å². The molecule has 132 valence electrons. The van der Waals surface area contributed by atoms with Gasteiger partial charge in [-0.15, -0.1) is 0 Å². The van der Waals surface area contributed by atoms with Crippen LogP contribution in [0.1, 0.15) is 11.1 Å². The Kier molecular flexibility index (Phi) is 5.43. The zero-order valence-electron chi connectivity index (χ0n) is 15.1. The van der Waals surface area contributed by atoms with Gasteiger partial charge in [-0.2, -0.15) is 5.10 Å². The highest BCUT2D eigenvalue weighted by atomic mass is 16.5. The van der Waals surface area contributed by atoms with Crippen LogP contribution in [0.4, 0.5) is 5.69 Å². The van der Waals surface area contributed by atoms with Crippen LogP contribution >= 0.6 is 0 Å². The average molecular weight is 339 g/mol. The fourth-order valence-corrected chi connectivity index (χ4v) is 2.98. The Balaban J connectivity index is 1.62. The molecule has 1 aliphatic rings. The number of aryl methyl sites for hydroxylation is 1. The highest BCUT2D eigenvalue weighted by molar-refractivity contribution is 5.84. The van der Waals surface area contributed by atoms with E-state index in [-0.39, 0.29) is 0 Å². The summed E-state index contributed by atoms with van der Waals surface area (Å²) in [6.07, 6.45) is 1.85. The molecular weight excluding hydrogens is 314 g/mol. The molecule has 1 fully saturated rings. The molecule has 0 aliphatic carbocycles. The number of nitrogens with zero attached hydrogens (tertiary/aromatic N) is 3. The van der Waals surface area contributed by atoms with Crippen molar-refractivity contribution in [3.63, 3.8) is 0 Å². The maximum Gasteiger partial charge on any atom is 0.169 e. The topological polar surface area (TPSA) is 37.3 Å². The van der Waals surface area contributed by atoms with Crippen molar-refractivity contribution in [3.8, 4) is 11.5 Å². The monoisotopic (exact) mass is 339 g/mol. The third kappa shape index (κ3) is 4.05. The standard InChI is InChI=1S/C20H25N3O2/c1-16-7-9-18(10-8-16)22-11-13-23(14-12-22)21-15-17-5-4-6-19(24-2)20(17)25-3/h4-10,15H,11-14H2,1-3H3. The van der Waals surface area contributed by atoms with Crippen LogP contribution in [-0.4, -0.2) is 51.6 Å². The number of hydrazone groups is 1. The van der Waals surface area contributed by atoms with Crippen LogP contribution in [0.25, 0.3) is 0 Å². The van der Waals surface area contributed by atoms with Crippen LogP contribution in [0, 0.1) is 6.92 Å². The van der Waals surface area contributed by atoms with Gasteiger partial charge in [0.1, 0.15) is 0 Å². The molecule has 5 heteroatoms. The van der Waals surface area contributed by atoms with Crippen LogP contribution < -0.4 is 14.4 Å². The van der Waals surface area contributed by atoms with Crippen LogP contribution in [-0.2, 0) is 0 Å². The van der Waals surface area contributed by atoms with Gasteiger partial charge in [-0.25, -0.2) is 0 Å². The molecule has 0 saturated carbocycles. The fourth-order valence-electron chi connectivity index (χ4n) is 2.98. The van der Waals surface area contributed by atoms with E-state index in [9.17, 15) is 0 Å². The molecular formula is C20H25N3O2. The summed E-state index contributed by atoms with van der Waals surface area (Å²) in [4.78, 5) is 2.40. The molecule has 0 amide bonds. The lowest BCUT2D eigenvalue weighted by Gasteiger charge is -2.34. The number of ether oxygens (including phenoxy) is 2. The summed E-state index contributed by atoms with van der Waals surface area (Å²) in [6, 6.07) is 14.5. The molecule has 0 N–H and O–H groups in total. The number of piperazine rings is 1. The summed E-state index contributed by atoms with van der Waals surface area (Å²) < 4.78 is 10.8. The van der Waals surface area contributed by atoms with E-state index in [4.69, 9.17) is 9.47 Å². The molecule has 0 bridgehead atoms. The molecule has 0 unspecified atom stereocenters. The van der Waals surface area contributed by atoms with Crippen LogP contribution in [0.15, 0.2) is 47.6 Å². The van der Waals surface area contributed by atoms with E-state index in [1.54, 1.807) is 14.2 Å². The third-order valence-electron chi connectivity index (χ3n) is 4.45. The van der Waals surface area contributed by atoms with E-state index in [1.807, 2.05) is 24.4 Å². The Bertz CT molecular complexity index is 720. The van der Waals surface area contributed by atoms with Gasteiger partial charge in [-0.05, 0) is 31.2 Å². The van der Waals surface area contributed by atoms with Gasteiger partial charge in [0.15, 0.2) is 11.5 Å². The third-order valence-corrected chi connectivity index (χ3v) is 4.45. The summed E-state index contributed by atoms with van der Waals surface area (Å²) in [5, 5.41) is 6.73. The quantitative estimate of drug-likeness (QED) is 0.784. The van der Waals surface area contributed by atoms with Gasteiger partial charge in [0.25, 0.3) is 0 Å². The Hall–Kier alpha value is -2.69. The van der Waals surface area contributed by atoms with Gasteiger partial charge in [0.05, 0.1) is 33.5 Å². The van der Waals surface area contributed by atoms with E-state index >= 15 is 0 Å². The van der Waals surface area contributed by atoms with Gasteiger partial charge in [-0.1, -0.05) is 23.8 Å². The molecule has 0 spiro atoms. The molecule has 1 aliphatic heterocycles. The number of rotatable bonds is 5. The Labute approximate surface area is 149 Å². The first kappa shape index (κ1) is 17.1. The molecule has 1 heterocycles. The molecule has 0 atom stereocenters. The largest absolute Gasteiger partial charge is 0.493 e. The number of para-hydroxylation sites is 1. The Morgan fingerprint density at radius 3 is 2.28 bits per heavy atom. The predicted octanol–water partition coefficient (Wildman–Crippen LogP) is 3.17. The van der Waals surface area contributed by atoms with Gasteiger partial charge in [0.2, 0.25) is 0 Å². The summed E-state index contributed by atoms with van der Waals surface area (Å²) in [6.45, 7) is 5.85. The fraction of sp³-hybridized carbons (Fsp3) is 0.350. The first-order valence-electron chi connectivity index (χ1n) is 8.53. The summed E-state index contributed by atoms with van der Waals surface area (Å²) >= 11 is 0. The number of hydrogen-bond acceptors (Lipinski definition) is 5. The normalized spacial score (nSPS) is 14.8. The van der Waals surface area contributed by atoms with Crippen molar-refractivity contribution in [1.29, 1.82) is 0 Å². The first-order valence-corrected chi connectivity index (χ1v) is 8.53. The first-order chi connectivity index (χ1) is 12.2. The lowest BCUT2D eigenvalue weighted by Crippen LogP contribution is -2.44. The molecule has 0 aromatic heterocycles. The van der Waals surface area contributed by atoms with Crippen LogP contribution in [0.5, 0.6) is 11.5 Å². The lowest BCUT2D eigenvalue weighted by atomic mass is 10.2. The van der Waals surface area contributed by atoms with Crippen molar-refractivity contribution in [3.05, 3.63) is 53.6 Å². The second kappa shape index (κ2) is 7.92. The van der Waals surface area contributed by atoms with Crippen LogP contribution in [0.3, 0.4) is 0 Å². The zero-order valence-corrected chi connectivity index (χ0v) is 15.1. The molecule has 3 rings (SSSR count). The average Bonchev–Trinajstić information content (AvgIpc) is 2.67. The van der Waals surface area contributed by atoms with E-state index in [0.717, 1.165) is 37.5 Å². The van der Waals surface area contributed by atoms with Crippen LogP contribution in [0.2, 0.25) is 0 Å². The minimum absolute atomic E-state index is 0.715. The van der Waals surface area contributed by atoms with Crippen molar-refractivity contribution in [1.82, 2.24) is 5.01 Å². The van der Waals surface area contributed by atoms with Crippen molar-refractivity contribution in [2.45, 2.75) is 6.92 Å². The van der Waals surface area contributed by atoms with Gasteiger partial charge in [0, 0.05) is 24.3 Å². The van der Waals surface area contributed by atoms with Gasteiger partial charge in [-0.3, -0.25) is 5.01 Å².